The zero-order valence-corrected chi connectivity index (χ0v) is 25.6. The van der Waals surface area contributed by atoms with Gasteiger partial charge in [-0.15, -0.1) is 0 Å². The largest absolute Gasteiger partial charge is 0.354 e. The summed E-state index contributed by atoms with van der Waals surface area (Å²) in [7, 11) is -3.58. The first-order valence-corrected chi connectivity index (χ1v) is 16.2. The lowest BCUT2D eigenvalue weighted by Gasteiger charge is -2.32. The first-order chi connectivity index (χ1) is 21.2. The van der Waals surface area contributed by atoms with E-state index in [2.05, 4.69) is 10.0 Å². The molecule has 4 rings (SSSR count). The Bertz CT molecular complexity index is 1600. The SMILES string of the molecule is CCNS(=O)(=O)c1ccc(CCC(=O)N(Cc2ccc(F)cc2)C(Cc2ccccc2)C(=O)NCCc2ccccc2)cc1. The normalized spacial score (nSPS) is 12.0. The van der Waals surface area contributed by atoms with Crippen molar-refractivity contribution in [3.63, 3.8) is 0 Å². The maximum absolute atomic E-state index is 13.9. The Morgan fingerprint density at radius 2 is 1.32 bits per heavy atom. The van der Waals surface area contributed by atoms with Crippen molar-refractivity contribution in [3.8, 4) is 0 Å². The van der Waals surface area contributed by atoms with Crippen molar-refractivity contribution in [2.24, 2.45) is 0 Å². The predicted octanol–water partition coefficient (Wildman–Crippen LogP) is 5.06. The third-order valence-corrected chi connectivity index (χ3v) is 8.85. The van der Waals surface area contributed by atoms with E-state index in [-0.39, 0.29) is 42.0 Å². The maximum Gasteiger partial charge on any atom is 0.243 e. The van der Waals surface area contributed by atoms with Crippen molar-refractivity contribution in [1.29, 1.82) is 0 Å². The Balaban J connectivity index is 1.55. The minimum atomic E-state index is -3.58. The number of benzene rings is 4. The van der Waals surface area contributed by atoms with E-state index < -0.39 is 16.1 Å². The van der Waals surface area contributed by atoms with Crippen molar-refractivity contribution in [1.82, 2.24) is 14.9 Å². The highest BCUT2D eigenvalue weighted by molar-refractivity contribution is 7.89. The molecule has 0 bridgehead atoms. The number of hydrogen-bond donors (Lipinski definition) is 2. The van der Waals surface area contributed by atoms with Gasteiger partial charge in [-0.25, -0.2) is 17.5 Å². The van der Waals surface area contributed by atoms with Crippen LogP contribution in [0, 0.1) is 5.82 Å². The standard InChI is InChI=1S/C35H38FN3O4S/c1-2-38-44(42,43)32-20-15-28(16-21-32)17-22-34(40)39(26-30-13-18-31(36)19-14-30)33(25-29-11-7-4-8-12-29)35(41)37-24-23-27-9-5-3-6-10-27/h3-16,18-21,33,38H,2,17,22-26H2,1H3,(H,37,41). The summed E-state index contributed by atoms with van der Waals surface area (Å²) in [5.74, 6) is -0.887. The van der Waals surface area contributed by atoms with Gasteiger partial charge >= 0.3 is 0 Å². The zero-order valence-electron chi connectivity index (χ0n) is 24.8. The number of aryl methyl sites for hydroxylation is 1. The molecule has 0 aliphatic rings. The van der Waals surface area contributed by atoms with Crippen LogP contribution in [0.3, 0.4) is 0 Å². The molecule has 1 atom stereocenters. The van der Waals surface area contributed by atoms with Crippen LogP contribution in [0.1, 0.15) is 35.6 Å². The van der Waals surface area contributed by atoms with Crippen LogP contribution in [-0.4, -0.2) is 44.3 Å². The van der Waals surface area contributed by atoms with Gasteiger partial charge in [0.15, 0.2) is 0 Å². The van der Waals surface area contributed by atoms with Crippen LogP contribution in [0.4, 0.5) is 4.39 Å². The summed E-state index contributed by atoms with van der Waals surface area (Å²) in [5.41, 5.74) is 3.50. The van der Waals surface area contributed by atoms with E-state index in [4.69, 9.17) is 0 Å². The number of nitrogens with zero attached hydrogens (tertiary/aromatic N) is 1. The molecule has 0 radical (unpaired) electrons. The highest BCUT2D eigenvalue weighted by atomic mass is 32.2. The third kappa shape index (κ3) is 9.59. The van der Waals surface area contributed by atoms with E-state index >= 15 is 0 Å². The highest BCUT2D eigenvalue weighted by Crippen LogP contribution is 2.18. The van der Waals surface area contributed by atoms with Crippen molar-refractivity contribution >= 4 is 21.8 Å². The second-order valence-electron chi connectivity index (χ2n) is 10.5. The van der Waals surface area contributed by atoms with Crippen molar-refractivity contribution in [2.45, 2.75) is 50.1 Å². The molecule has 9 heteroatoms. The Morgan fingerprint density at radius 1 is 0.750 bits per heavy atom. The van der Waals surface area contributed by atoms with Gasteiger partial charge in [-0.3, -0.25) is 9.59 Å². The molecule has 2 amide bonds. The maximum atomic E-state index is 13.9. The molecule has 1 unspecified atom stereocenters. The second-order valence-corrected chi connectivity index (χ2v) is 12.3. The average molecular weight is 616 g/mol. The Hall–Kier alpha value is -4.34. The molecule has 0 spiro atoms. The van der Waals surface area contributed by atoms with Gasteiger partial charge < -0.3 is 10.2 Å². The Labute approximate surface area is 259 Å². The van der Waals surface area contributed by atoms with Crippen LogP contribution in [0.5, 0.6) is 0 Å². The number of halogens is 1. The van der Waals surface area contributed by atoms with E-state index in [0.717, 1.165) is 16.7 Å². The quantitative estimate of drug-likeness (QED) is 0.196. The fourth-order valence-corrected chi connectivity index (χ4v) is 5.98. The molecule has 0 fully saturated rings. The van der Waals surface area contributed by atoms with Crippen LogP contribution in [0.2, 0.25) is 0 Å². The topological polar surface area (TPSA) is 95.6 Å². The molecular formula is C35H38FN3O4S. The lowest BCUT2D eigenvalue weighted by Crippen LogP contribution is -2.50. The van der Waals surface area contributed by atoms with Gasteiger partial charge in [0, 0.05) is 32.5 Å². The van der Waals surface area contributed by atoms with Gasteiger partial charge in [-0.05, 0) is 59.4 Å². The van der Waals surface area contributed by atoms with E-state index in [1.807, 2.05) is 60.7 Å². The van der Waals surface area contributed by atoms with Crippen LogP contribution in [0.25, 0.3) is 0 Å². The molecule has 0 saturated carbocycles. The minimum Gasteiger partial charge on any atom is -0.354 e. The molecule has 0 aliphatic heterocycles. The number of amides is 2. The summed E-state index contributed by atoms with van der Waals surface area (Å²) >= 11 is 0. The van der Waals surface area contributed by atoms with Crippen LogP contribution in [0.15, 0.2) is 114 Å². The Kier molecular flexibility index (Phi) is 11.8. The van der Waals surface area contributed by atoms with E-state index in [9.17, 15) is 22.4 Å². The number of sulfonamides is 1. The van der Waals surface area contributed by atoms with Crippen molar-refractivity contribution < 1.29 is 22.4 Å². The average Bonchev–Trinajstić information content (AvgIpc) is 3.03. The smallest absolute Gasteiger partial charge is 0.243 e. The van der Waals surface area contributed by atoms with Crippen molar-refractivity contribution in [3.05, 3.63) is 137 Å². The first kappa shape index (κ1) is 32.6. The highest BCUT2D eigenvalue weighted by Gasteiger charge is 2.30. The summed E-state index contributed by atoms with van der Waals surface area (Å²) in [6.45, 7) is 2.54. The molecular weight excluding hydrogens is 577 g/mol. The molecule has 0 saturated heterocycles. The molecule has 0 aromatic heterocycles. The van der Waals surface area contributed by atoms with E-state index in [0.29, 0.717) is 31.4 Å². The fraction of sp³-hybridized carbons (Fsp3) is 0.257. The van der Waals surface area contributed by atoms with Crippen LogP contribution < -0.4 is 10.0 Å². The predicted molar refractivity (Wildman–Crippen MR) is 170 cm³/mol. The summed E-state index contributed by atoms with van der Waals surface area (Å²) in [5, 5.41) is 3.03. The number of hydrogen-bond acceptors (Lipinski definition) is 4. The lowest BCUT2D eigenvalue weighted by atomic mass is 10.0. The van der Waals surface area contributed by atoms with Crippen LogP contribution in [-0.2, 0) is 45.4 Å². The fourth-order valence-electron chi connectivity index (χ4n) is 4.94. The lowest BCUT2D eigenvalue weighted by molar-refractivity contribution is -0.141. The first-order valence-electron chi connectivity index (χ1n) is 14.7. The number of rotatable bonds is 15. The van der Waals surface area contributed by atoms with Gasteiger partial charge in [-0.2, -0.15) is 0 Å². The number of carbonyl (C=O) groups excluding carboxylic acids is 2. The van der Waals surface area contributed by atoms with Gasteiger partial charge in [-0.1, -0.05) is 91.9 Å². The van der Waals surface area contributed by atoms with Gasteiger partial charge in [0.1, 0.15) is 11.9 Å². The van der Waals surface area contributed by atoms with Gasteiger partial charge in [0.2, 0.25) is 21.8 Å². The molecule has 2 N–H and O–H groups in total. The molecule has 7 nitrogen and oxygen atoms in total. The van der Waals surface area contributed by atoms with E-state index in [1.165, 1.54) is 24.3 Å². The van der Waals surface area contributed by atoms with Gasteiger partial charge in [0.25, 0.3) is 0 Å². The summed E-state index contributed by atoms with van der Waals surface area (Å²) in [6, 6.07) is 30.9. The second kappa shape index (κ2) is 15.9. The molecule has 44 heavy (non-hydrogen) atoms. The molecule has 230 valence electrons. The summed E-state index contributed by atoms with van der Waals surface area (Å²) < 4.78 is 40.8. The number of nitrogens with one attached hydrogen (secondary N) is 2. The van der Waals surface area contributed by atoms with Crippen LogP contribution >= 0.6 is 0 Å². The summed E-state index contributed by atoms with van der Waals surface area (Å²) in [4.78, 5) is 29.4. The third-order valence-electron chi connectivity index (χ3n) is 7.29. The Morgan fingerprint density at radius 3 is 1.93 bits per heavy atom. The molecule has 0 aliphatic carbocycles. The summed E-state index contributed by atoms with van der Waals surface area (Å²) in [6.07, 6.45) is 1.41. The minimum absolute atomic E-state index is 0.100. The monoisotopic (exact) mass is 615 g/mol. The number of carbonyl (C=O) groups is 2. The van der Waals surface area contributed by atoms with Gasteiger partial charge in [0.05, 0.1) is 4.90 Å². The molecule has 4 aromatic rings. The van der Waals surface area contributed by atoms with Crippen molar-refractivity contribution in [2.75, 3.05) is 13.1 Å². The molecule has 0 heterocycles. The molecule has 4 aromatic carbocycles. The van der Waals surface area contributed by atoms with E-state index in [1.54, 1.807) is 36.1 Å². The zero-order chi connectivity index (χ0) is 31.4.